The van der Waals surface area contributed by atoms with Crippen LogP contribution in [0.3, 0.4) is 0 Å². The zero-order chi connectivity index (χ0) is 14.7. The van der Waals surface area contributed by atoms with Gasteiger partial charge in [0.2, 0.25) is 0 Å². The Balaban J connectivity index is 2.18. The number of thiophene rings is 1. The predicted molar refractivity (Wildman–Crippen MR) is 80.3 cm³/mol. The molecule has 6 nitrogen and oxygen atoms in total. The first kappa shape index (κ1) is 14.6. The van der Waals surface area contributed by atoms with Crippen molar-refractivity contribution in [2.45, 2.75) is 13.0 Å². The minimum Gasteiger partial charge on any atom is -0.368 e. The predicted octanol–water partition coefficient (Wildman–Crippen LogP) is 3.50. The van der Waals surface area contributed by atoms with Gasteiger partial charge in [0.1, 0.15) is 11.9 Å². The van der Waals surface area contributed by atoms with Crippen molar-refractivity contribution in [1.29, 1.82) is 0 Å². The lowest BCUT2D eigenvalue weighted by Crippen LogP contribution is -2.26. The first-order chi connectivity index (χ1) is 9.49. The SMILES string of the molecule is C[C@@H](Nc1cccnc1[N+](=O)[O-])C(=O)c1ccc(Br)s1. The summed E-state index contributed by atoms with van der Waals surface area (Å²) in [4.78, 5) is 26.7. The molecule has 1 N–H and O–H groups in total. The number of nitrogens with zero attached hydrogens (tertiary/aromatic N) is 2. The minimum absolute atomic E-state index is 0.126. The van der Waals surface area contributed by atoms with E-state index in [1.807, 2.05) is 0 Å². The number of hydrogen-bond donors (Lipinski definition) is 1. The number of aromatic nitrogens is 1. The molecule has 0 bridgehead atoms. The summed E-state index contributed by atoms with van der Waals surface area (Å²) < 4.78 is 0.861. The number of nitrogens with one attached hydrogen (secondary N) is 1. The largest absolute Gasteiger partial charge is 0.386 e. The molecule has 20 heavy (non-hydrogen) atoms. The highest BCUT2D eigenvalue weighted by Crippen LogP contribution is 2.25. The molecule has 0 aliphatic carbocycles. The van der Waals surface area contributed by atoms with Gasteiger partial charge < -0.3 is 15.4 Å². The highest BCUT2D eigenvalue weighted by molar-refractivity contribution is 9.11. The van der Waals surface area contributed by atoms with Crippen molar-refractivity contribution in [3.05, 3.63) is 49.2 Å². The van der Waals surface area contributed by atoms with Gasteiger partial charge in [-0.15, -0.1) is 11.3 Å². The van der Waals surface area contributed by atoms with Crippen LogP contribution in [0.4, 0.5) is 11.5 Å². The molecule has 0 fully saturated rings. The molecular weight excluding hydrogens is 346 g/mol. The second-order valence-electron chi connectivity index (χ2n) is 3.97. The molecule has 0 aliphatic heterocycles. The fraction of sp³-hybridized carbons (Fsp3) is 0.167. The molecule has 0 aliphatic rings. The van der Waals surface area contributed by atoms with Crippen LogP contribution in [-0.2, 0) is 0 Å². The molecule has 2 heterocycles. The number of rotatable bonds is 5. The number of anilines is 1. The van der Waals surface area contributed by atoms with Gasteiger partial charge in [-0.25, -0.2) is 0 Å². The molecule has 1 atom stereocenters. The zero-order valence-corrected chi connectivity index (χ0v) is 12.8. The lowest BCUT2D eigenvalue weighted by Gasteiger charge is -2.12. The number of pyridine rings is 1. The first-order valence-electron chi connectivity index (χ1n) is 5.64. The molecule has 104 valence electrons. The maximum atomic E-state index is 12.2. The monoisotopic (exact) mass is 355 g/mol. The van der Waals surface area contributed by atoms with E-state index in [-0.39, 0.29) is 17.3 Å². The lowest BCUT2D eigenvalue weighted by molar-refractivity contribution is -0.388. The molecule has 0 radical (unpaired) electrons. The van der Waals surface area contributed by atoms with E-state index in [1.54, 1.807) is 25.1 Å². The molecule has 2 rings (SSSR count). The summed E-state index contributed by atoms with van der Waals surface area (Å²) in [5.74, 6) is -0.418. The fourth-order valence-corrected chi connectivity index (χ4v) is 3.03. The molecule has 0 amide bonds. The van der Waals surface area contributed by atoms with E-state index in [0.29, 0.717) is 4.88 Å². The van der Waals surface area contributed by atoms with Crippen LogP contribution in [-0.4, -0.2) is 21.7 Å². The summed E-state index contributed by atoms with van der Waals surface area (Å²) in [6.45, 7) is 1.66. The maximum Gasteiger partial charge on any atom is 0.386 e. The number of hydrogen-bond acceptors (Lipinski definition) is 6. The molecule has 0 spiro atoms. The summed E-state index contributed by atoms with van der Waals surface area (Å²) in [6.07, 6.45) is 1.34. The molecule has 0 unspecified atom stereocenters. The van der Waals surface area contributed by atoms with Crippen LogP contribution in [0.1, 0.15) is 16.6 Å². The van der Waals surface area contributed by atoms with Crippen LogP contribution in [0.15, 0.2) is 34.2 Å². The summed E-state index contributed by atoms with van der Waals surface area (Å²) >= 11 is 4.62. The Morgan fingerprint density at radius 2 is 2.25 bits per heavy atom. The Labute approximate surface area is 127 Å². The Morgan fingerprint density at radius 1 is 1.50 bits per heavy atom. The second-order valence-corrected chi connectivity index (χ2v) is 6.43. The van der Waals surface area contributed by atoms with Crippen LogP contribution >= 0.6 is 27.3 Å². The van der Waals surface area contributed by atoms with Crippen LogP contribution in [0.2, 0.25) is 0 Å². The van der Waals surface area contributed by atoms with E-state index < -0.39 is 11.0 Å². The molecule has 0 aromatic carbocycles. The van der Waals surface area contributed by atoms with E-state index >= 15 is 0 Å². The average molecular weight is 356 g/mol. The summed E-state index contributed by atoms with van der Waals surface area (Å²) in [5.41, 5.74) is 0.231. The summed E-state index contributed by atoms with van der Waals surface area (Å²) in [5, 5.41) is 13.7. The molecule has 2 aromatic heterocycles. The van der Waals surface area contributed by atoms with Gasteiger partial charge in [0.05, 0.1) is 14.7 Å². The third kappa shape index (κ3) is 3.20. The van der Waals surface area contributed by atoms with Crippen molar-refractivity contribution >= 4 is 44.6 Å². The van der Waals surface area contributed by atoms with Gasteiger partial charge in [-0.2, -0.15) is 0 Å². The minimum atomic E-state index is -0.582. The Morgan fingerprint density at radius 3 is 2.85 bits per heavy atom. The van der Waals surface area contributed by atoms with Crippen molar-refractivity contribution in [3.8, 4) is 0 Å². The van der Waals surface area contributed by atoms with Crippen molar-refractivity contribution in [2.75, 3.05) is 5.32 Å². The normalized spacial score (nSPS) is 11.9. The van der Waals surface area contributed by atoms with Crippen LogP contribution in [0, 0.1) is 10.1 Å². The van der Waals surface area contributed by atoms with Crippen molar-refractivity contribution in [1.82, 2.24) is 4.98 Å². The first-order valence-corrected chi connectivity index (χ1v) is 7.25. The number of ketones is 1. The number of nitro groups is 1. The van der Waals surface area contributed by atoms with Crippen LogP contribution in [0.5, 0.6) is 0 Å². The molecule has 0 saturated carbocycles. The number of halogens is 1. The van der Waals surface area contributed by atoms with Crippen molar-refractivity contribution < 1.29 is 9.72 Å². The topological polar surface area (TPSA) is 85.1 Å². The number of carbonyl (C=O) groups is 1. The third-order valence-corrected chi connectivity index (χ3v) is 4.18. The van der Waals surface area contributed by atoms with Crippen molar-refractivity contribution in [2.24, 2.45) is 0 Å². The van der Waals surface area contributed by atoms with E-state index in [2.05, 4.69) is 26.2 Å². The van der Waals surface area contributed by atoms with Crippen molar-refractivity contribution in [3.63, 3.8) is 0 Å². The third-order valence-electron chi connectivity index (χ3n) is 2.54. The van der Waals surface area contributed by atoms with Gasteiger partial charge in [0.25, 0.3) is 0 Å². The maximum absolute atomic E-state index is 12.2. The molecular formula is C12H10BrN3O3S. The number of Topliss-reactive ketones (excluding diaryl/α,β-unsaturated/α-hetero) is 1. The van der Waals surface area contributed by atoms with E-state index in [4.69, 9.17) is 0 Å². The summed E-state index contributed by atoms with van der Waals surface area (Å²) in [7, 11) is 0. The van der Waals surface area contributed by atoms with E-state index in [1.165, 1.54) is 23.6 Å². The van der Waals surface area contributed by atoms with Gasteiger partial charge in [0.15, 0.2) is 5.78 Å². The smallest absolute Gasteiger partial charge is 0.368 e. The Bertz CT molecular complexity index is 659. The second kappa shape index (κ2) is 6.10. The molecule has 2 aromatic rings. The van der Waals surface area contributed by atoms with Crippen LogP contribution in [0.25, 0.3) is 0 Å². The fourth-order valence-electron chi connectivity index (χ4n) is 1.61. The standard InChI is InChI=1S/C12H10BrN3O3S/c1-7(11(17)9-4-5-10(13)20-9)15-8-3-2-6-14-12(8)16(18)19/h2-7,15H,1H3/t7-/m1/s1. The van der Waals surface area contributed by atoms with Crippen LogP contribution < -0.4 is 5.32 Å². The molecule has 8 heteroatoms. The summed E-state index contributed by atoms with van der Waals surface area (Å²) in [6, 6.07) is 6.03. The highest BCUT2D eigenvalue weighted by Gasteiger charge is 2.21. The van der Waals surface area contributed by atoms with Gasteiger partial charge in [-0.3, -0.25) is 4.79 Å². The van der Waals surface area contributed by atoms with E-state index in [9.17, 15) is 14.9 Å². The van der Waals surface area contributed by atoms with Gasteiger partial charge in [-0.05, 0) is 57.0 Å². The molecule has 0 saturated heterocycles. The highest BCUT2D eigenvalue weighted by atomic mass is 79.9. The Hall–Kier alpha value is -1.80. The van der Waals surface area contributed by atoms with Gasteiger partial charge in [0, 0.05) is 0 Å². The zero-order valence-electron chi connectivity index (χ0n) is 10.4. The van der Waals surface area contributed by atoms with Gasteiger partial charge >= 0.3 is 5.82 Å². The lowest BCUT2D eigenvalue weighted by atomic mass is 10.2. The quantitative estimate of drug-likeness (QED) is 0.504. The average Bonchev–Trinajstić information content (AvgIpc) is 2.84. The Kier molecular flexibility index (Phi) is 4.46. The number of carbonyl (C=O) groups excluding carboxylic acids is 1. The van der Waals surface area contributed by atoms with E-state index in [0.717, 1.165) is 3.79 Å². The van der Waals surface area contributed by atoms with Gasteiger partial charge in [-0.1, -0.05) is 0 Å².